The summed E-state index contributed by atoms with van der Waals surface area (Å²) in [7, 11) is 0. The van der Waals surface area contributed by atoms with Crippen molar-refractivity contribution in [2.45, 2.75) is 44.3 Å². The predicted molar refractivity (Wildman–Crippen MR) is 77.1 cm³/mol. The van der Waals surface area contributed by atoms with Crippen molar-refractivity contribution in [2.75, 3.05) is 13.2 Å². The second-order valence-electron chi connectivity index (χ2n) is 5.85. The summed E-state index contributed by atoms with van der Waals surface area (Å²) in [6.45, 7) is 1.98. The van der Waals surface area contributed by atoms with Crippen LogP contribution < -0.4 is 5.32 Å². The predicted octanol–water partition coefficient (Wildman–Crippen LogP) is 2.25. The maximum absolute atomic E-state index is 13.7. The minimum Gasteiger partial charge on any atom is -0.383 e. The van der Waals surface area contributed by atoms with Crippen molar-refractivity contribution in [3.63, 3.8) is 0 Å². The summed E-state index contributed by atoms with van der Waals surface area (Å²) in [5.41, 5.74) is -1.65. The van der Waals surface area contributed by atoms with E-state index in [1.54, 1.807) is 0 Å². The molecule has 2 atom stereocenters. The number of ether oxygens (including phenoxy) is 1. The van der Waals surface area contributed by atoms with Gasteiger partial charge in [-0.2, -0.15) is 0 Å². The summed E-state index contributed by atoms with van der Waals surface area (Å²) in [5, 5.41) is 12.9. The zero-order valence-electron chi connectivity index (χ0n) is 12.6. The number of rotatable bonds is 6. The van der Waals surface area contributed by atoms with Crippen molar-refractivity contribution in [2.24, 2.45) is 0 Å². The van der Waals surface area contributed by atoms with Crippen LogP contribution in [0.5, 0.6) is 0 Å². The number of carbonyl (C=O) groups excluding carboxylic acids is 1. The molecule has 0 radical (unpaired) electrons. The molecular weight excluding hydrogens is 292 g/mol. The van der Waals surface area contributed by atoms with E-state index in [9.17, 15) is 18.7 Å². The first-order chi connectivity index (χ1) is 10.4. The molecule has 1 fully saturated rings. The van der Waals surface area contributed by atoms with Crippen molar-refractivity contribution in [3.05, 3.63) is 35.4 Å². The first-order valence-corrected chi connectivity index (χ1v) is 7.45. The molecule has 1 aromatic carbocycles. The lowest BCUT2D eigenvalue weighted by Gasteiger charge is -2.25. The molecule has 0 aromatic heterocycles. The average molecular weight is 313 g/mol. The molecule has 1 heterocycles. The topological polar surface area (TPSA) is 58.6 Å². The number of aliphatic hydroxyl groups is 1. The van der Waals surface area contributed by atoms with Gasteiger partial charge >= 0.3 is 0 Å². The van der Waals surface area contributed by atoms with Gasteiger partial charge in [-0.1, -0.05) is 6.07 Å². The summed E-state index contributed by atoms with van der Waals surface area (Å²) in [4.78, 5) is 11.8. The number of carbonyl (C=O) groups is 1. The van der Waals surface area contributed by atoms with Gasteiger partial charge in [-0.05, 0) is 32.3 Å². The summed E-state index contributed by atoms with van der Waals surface area (Å²) in [6, 6.07) is 2.97. The number of benzene rings is 1. The molecule has 1 saturated heterocycles. The third kappa shape index (κ3) is 4.48. The van der Waals surface area contributed by atoms with Crippen molar-refractivity contribution in [3.8, 4) is 0 Å². The van der Waals surface area contributed by atoms with Gasteiger partial charge in [0.05, 0.1) is 12.6 Å². The lowest BCUT2D eigenvalue weighted by Crippen LogP contribution is -2.39. The van der Waals surface area contributed by atoms with E-state index in [-0.39, 0.29) is 24.1 Å². The Hall–Kier alpha value is -1.53. The van der Waals surface area contributed by atoms with Gasteiger partial charge in [0, 0.05) is 24.7 Å². The van der Waals surface area contributed by atoms with Gasteiger partial charge < -0.3 is 15.2 Å². The van der Waals surface area contributed by atoms with Crippen molar-refractivity contribution in [1.82, 2.24) is 5.32 Å². The normalized spacial score (nSPS) is 20.6. The molecular formula is C16H21F2NO3. The zero-order chi connectivity index (χ0) is 16.2. The first-order valence-electron chi connectivity index (χ1n) is 7.45. The maximum atomic E-state index is 13.7. The van der Waals surface area contributed by atoms with E-state index in [1.165, 1.54) is 13.0 Å². The third-order valence-electron chi connectivity index (χ3n) is 3.86. The van der Waals surface area contributed by atoms with Crippen LogP contribution in [0.3, 0.4) is 0 Å². The highest BCUT2D eigenvalue weighted by Crippen LogP contribution is 2.23. The van der Waals surface area contributed by atoms with Crippen LogP contribution in [0, 0.1) is 11.6 Å². The maximum Gasteiger partial charge on any atom is 0.220 e. The zero-order valence-corrected chi connectivity index (χ0v) is 12.6. The number of nitrogens with one attached hydrogen (secondary N) is 1. The fourth-order valence-corrected chi connectivity index (χ4v) is 2.54. The van der Waals surface area contributed by atoms with Crippen molar-refractivity contribution >= 4 is 5.91 Å². The monoisotopic (exact) mass is 313 g/mol. The number of hydrogen-bond acceptors (Lipinski definition) is 3. The number of amides is 1. The minimum absolute atomic E-state index is 0.0478. The largest absolute Gasteiger partial charge is 0.383 e. The highest BCUT2D eigenvalue weighted by Gasteiger charge is 2.27. The van der Waals surface area contributed by atoms with Crippen LogP contribution in [0.4, 0.5) is 8.78 Å². The quantitative estimate of drug-likeness (QED) is 0.847. The molecule has 1 aliphatic heterocycles. The fourth-order valence-electron chi connectivity index (χ4n) is 2.54. The molecule has 1 aliphatic rings. The van der Waals surface area contributed by atoms with Gasteiger partial charge in [0.2, 0.25) is 5.91 Å². The highest BCUT2D eigenvalue weighted by atomic mass is 19.1. The molecule has 0 spiro atoms. The molecule has 6 heteroatoms. The lowest BCUT2D eigenvalue weighted by molar-refractivity contribution is -0.122. The summed E-state index contributed by atoms with van der Waals surface area (Å²) in [5.74, 6) is -1.77. The summed E-state index contributed by atoms with van der Waals surface area (Å²) >= 11 is 0. The van der Waals surface area contributed by atoms with Gasteiger partial charge in [0.1, 0.15) is 17.2 Å². The first kappa shape index (κ1) is 16.8. The van der Waals surface area contributed by atoms with Gasteiger partial charge in [0.25, 0.3) is 0 Å². The Kier molecular flexibility index (Phi) is 5.47. The molecule has 0 bridgehead atoms. The standard InChI is InChI=1S/C16H21F2NO3/c1-16(21,13-6-4-11(17)9-14(13)18)10-19-15(20)7-5-12-3-2-8-22-12/h4,6,9,12,21H,2-3,5,7-8,10H2,1H3,(H,19,20). The molecule has 0 aliphatic carbocycles. The van der Waals surface area contributed by atoms with Crippen LogP contribution in [0.2, 0.25) is 0 Å². The van der Waals surface area contributed by atoms with Crippen LogP contribution in [-0.4, -0.2) is 30.3 Å². The number of halogens is 2. The molecule has 2 unspecified atom stereocenters. The minimum atomic E-state index is -1.60. The Morgan fingerprint density at radius 1 is 1.50 bits per heavy atom. The molecule has 1 aromatic rings. The van der Waals surface area contributed by atoms with Crippen LogP contribution in [-0.2, 0) is 15.1 Å². The van der Waals surface area contributed by atoms with E-state index < -0.39 is 17.2 Å². The average Bonchev–Trinajstić information content (AvgIpc) is 2.96. The van der Waals surface area contributed by atoms with E-state index in [0.29, 0.717) is 18.9 Å². The molecule has 2 N–H and O–H groups in total. The molecule has 122 valence electrons. The lowest BCUT2D eigenvalue weighted by atomic mass is 9.95. The van der Waals surface area contributed by atoms with Crippen LogP contribution in [0.25, 0.3) is 0 Å². The highest BCUT2D eigenvalue weighted by molar-refractivity contribution is 5.76. The van der Waals surface area contributed by atoms with Gasteiger partial charge in [-0.25, -0.2) is 8.78 Å². The Morgan fingerprint density at radius 3 is 2.91 bits per heavy atom. The Morgan fingerprint density at radius 2 is 2.27 bits per heavy atom. The number of hydrogen-bond donors (Lipinski definition) is 2. The van der Waals surface area contributed by atoms with Crippen LogP contribution in [0.15, 0.2) is 18.2 Å². The molecule has 2 rings (SSSR count). The molecule has 4 nitrogen and oxygen atoms in total. The Balaban J connectivity index is 1.84. The van der Waals surface area contributed by atoms with Crippen LogP contribution >= 0.6 is 0 Å². The van der Waals surface area contributed by atoms with E-state index in [2.05, 4.69) is 5.32 Å². The molecule has 0 saturated carbocycles. The van der Waals surface area contributed by atoms with Crippen molar-refractivity contribution < 1.29 is 23.4 Å². The summed E-state index contributed by atoms with van der Waals surface area (Å²) in [6.07, 6.45) is 3.04. The Labute approximate surface area is 128 Å². The fraction of sp³-hybridized carbons (Fsp3) is 0.562. The van der Waals surface area contributed by atoms with Gasteiger partial charge in [-0.3, -0.25) is 4.79 Å². The van der Waals surface area contributed by atoms with E-state index in [4.69, 9.17) is 4.74 Å². The Bertz CT molecular complexity index is 528. The van der Waals surface area contributed by atoms with E-state index in [1.807, 2.05) is 0 Å². The molecule has 1 amide bonds. The molecule has 22 heavy (non-hydrogen) atoms. The second kappa shape index (κ2) is 7.15. The SMILES string of the molecule is CC(O)(CNC(=O)CCC1CCCO1)c1ccc(F)cc1F. The van der Waals surface area contributed by atoms with E-state index >= 15 is 0 Å². The second-order valence-corrected chi connectivity index (χ2v) is 5.85. The van der Waals surface area contributed by atoms with Gasteiger partial charge in [0.15, 0.2) is 0 Å². The third-order valence-corrected chi connectivity index (χ3v) is 3.86. The summed E-state index contributed by atoms with van der Waals surface area (Å²) < 4.78 is 32.0. The van der Waals surface area contributed by atoms with Crippen molar-refractivity contribution in [1.29, 1.82) is 0 Å². The van der Waals surface area contributed by atoms with E-state index in [0.717, 1.165) is 25.5 Å². The smallest absolute Gasteiger partial charge is 0.220 e. The van der Waals surface area contributed by atoms with Gasteiger partial charge in [-0.15, -0.1) is 0 Å². The van der Waals surface area contributed by atoms with Crippen LogP contribution in [0.1, 0.15) is 38.2 Å².